The van der Waals surface area contributed by atoms with Crippen molar-refractivity contribution in [1.82, 2.24) is 9.97 Å². The maximum atomic E-state index is 12.8. The summed E-state index contributed by atoms with van der Waals surface area (Å²) >= 11 is 12.4. The molecule has 6 aromatic rings. The van der Waals surface area contributed by atoms with Crippen LogP contribution in [-0.4, -0.2) is 38.6 Å². The minimum absolute atomic E-state index is 0.0467. The highest BCUT2D eigenvalue weighted by Crippen LogP contribution is 2.37. The minimum atomic E-state index is -4.66. The Hall–Kier alpha value is -5.15. The molecule has 0 aliphatic carbocycles. The van der Waals surface area contributed by atoms with Gasteiger partial charge >= 0.3 is 6.18 Å². The van der Waals surface area contributed by atoms with Crippen molar-refractivity contribution in [3.63, 3.8) is 0 Å². The van der Waals surface area contributed by atoms with E-state index < -0.39 is 42.0 Å². The summed E-state index contributed by atoms with van der Waals surface area (Å²) in [5.74, 6) is -0.683. The number of thiazole rings is 1. The van der Waals surface area contributed by atoms with E-state index in [1.165, 1.54) is 30.5 Å². The van der Waals surface area contributed by atoms with E-state index in [4.69, 9.17) is 37.9 Å². The summed E-state index contributed by atoms with van der Waals surface area (Å²) in [5.41, 5.74) is 2.14. The zero-order valence-corrected chi connectivity index (χ0v) is 33.1. The molecule has 0 radical (unpaired) electrons. The van der Waals surface area contributed by atoms with Crippen molar-refractivity contribution in [2.24, 2.45) is 10.3 Å². The SMILES string of the molecule is Cc1coc(-c2ccc(NC(=O)Cc3ccccc3Cl)cc2S(N)(=O)=O)n1.NS(=O)(=O)c1cc(NC(=O)Cc2ccccc2Cl)ccc1-c1csc(C(F)(F)F)n1. The number of nitrogens with two attached hydrogens (primary N) is 2. The van der Waals surface area contributed by atoms with Gasteiger partial charge in [0.05, 0.1) is 39.6 Å². The molecule has 0 aliphatic heterocycles. The molecule has 6 N–H and O–H groups in total. The monoisotopic (exact) mass is 880 g/mol. The number of amides is 2. The van der Waals surface area contributed by atoms with Gasteiger partial charge in [-0.1, -0.05) is 59.6 Å². The zero-order valence-electron chi connectivity index (χ0n) is 29.2. The van der Waals surface area contributed by atoms with Gasteiger partial charge in [0.2, 0.25) is 37.8 Å². The molecule has 2 aromatic heterocycles. The van der Waals surface area contributed by atoms with Crippen LogP contribution in [0.2, 0.25) is 10.0 Å². The van der Waals surface area contributed by atoms with E-state index in [-0.39, 0.29) is 57.7 Å². The van der Waals surface area contributed by atoms with E-state index >= 15 is 0 Å². The number of primary sulfonamides is 2. The highest BCUT2D eigenvalue weighted by Gasteiger charge is 2.35. The predicted octanol–water partition coefficient (Wildman–Crippen LogP) is 7.44. The molecule has 0 atom stereocenters. The molecule has 0 saturated carbocycles. The summed E-state index contributed by atoms with van der Waals surface area (Å²) in [5, 5.41) is 16.6. The number of aromatic nitrogens is 2. The summed E-state index contributed by atoms with van der Waals surface area (Å²) in [6.07, 6.45) is -3.27. The molecule has 13 nitrogen and oxygen atoms in total. The molecule has 4 aromatic carbocycles. The minimum Gasteiger partial charge on any atom is -0.444 e. The van der Waals surface area contributed by atoms with E-state index in [1.54, 1.807) is 61.5 Å². The van der Waals surface area contributed by atoms with Crippen LogP contribution < -0.4 is 20.9 Å². The quantitative estimate of drug-likeness (QED) is 0.107. The number of hydrogen-bond donors (Lipinski definition) is 4. The average molecular weight is 882 g/mol. The van der Waals surface area contributed by atoms with Gasteiger partial charge in [-0.25, -0.2) is 37.1 Å². The fourth-order valence-electron chi connectivity index (χ4n) is 5.10. The van der Waals surface area contributed by atoms with Crippen LogP contribution in [0.3, 0.4) is 0 Å². The Balaban J connectivity index is 0.000000219. The maximum absolute atomic E-state index is 12.8. The molecule has 0 aliphatic rings. The number of carbonyl (C=O) groups excluding carboxylic acids is 2. The summed E-state index contributed by atoms with van der Waals surface area (Å²) in [7, 11) is -8.39. The summed E-state index contributed by atoms with van der Waals surface area (Å²) in [4.78, 5) is 31.5. The summed E-state index contributed by atoms with van der Waals surface area (Å²) in [6, 6.07) is 21.7. The number of halogens is 5. The molecule has 57 heavy (non-hydrogen) atoms. The topological polar surface area (TPSA) is 217 Å². The number of carbonyl (C=O) groups is 2. The summed E-state index contributed by atoms with van der Waals surface area (Å²) < 4.78 is 91.7. The first kappa shape index (κ1) is 43.0. The number of nitrogens with zero attached hydrogens (tertiary/aromatic N) is 2. The van der Waals surface area contributed by atoms with Crippen molar-refractivity contribution in [1.29, 1.82) is 0 Å². The van der Waals surface area contributed by atoms with Crippen molar-refractivity contribution >= 4 is 77.8 Å². The van der Waals surface area contributed by atoms with Gasteiger partial charge in [-0.3, -0.25) is 9.59 Å². The van der Waals surface area contributed by atoms with Gasteiger partial charge in [-0.05, 0) is 66.6 Å². The van der Waals surface area contributed by atoms with Crippen molar-refractivity contribution in [2.45, 2.75) is 35.7 Å². The number of sulfonamides is 2. The Morgan fingerprint density at radius 3 is 1.65 bits per heavy atom. The Kier molecular flexibility index (Phi) is 13.2. The number of aryl methyl sites for hydroxylation is 1. The van der Waals surface area contributed by atoms with E-state index in [2.05, 4.69) is 20.6 Å². The molecule has 2 heterocycles. The molecule has 6 rings (SSSR count). The largest absolute Gasteiger partial charge is 0.444 e. The van der Waals surface area contributed by atoms with Crippen LogP contribution in [0.15, 0.2) is 111 Å². The number of rotatable bonds is 10. The molecular formula is C36H29Cl2F3N6O7S3. The van der Waals surface area contributed by atoms with Crippen LogP contribution in [0.1, 0.15) is 21.8 Å². The van der Waals surface area contributed by atoms with Gasteiger partial charge in [0.1, 0.15) is 6.26 Å². The van der Waals surface area contributed by atoms with E-state index in [0.717, 1.165) is 11.4 Å². The number of anilines is 2. The average Bonchev–Trinajstić information content (AvgIpc) is 3.80. The van der Waals surface area contributed by atoms with Crippen LogP contribution in [0.5, 0.6) is 0 Å². The third kappa shape index (κ3) is 11.5. The smallest absolute Gasteiger partial charge is 0.443 e. The number of alkyl halides is 3. The first-order valence-corrected chi connectivity index (χ1v) is 20.8. The van der Waals surface area contributed by atoms with Crippen molar-refractivity contribution in [2.75, 3.05) is 10.6 Å². The fraction of sp³-hybridized carbons (Fsp3) is 0.111. The standard InChI is InChI=1S/C18H13ClF3N3O3S2.C18H16ClN3O4S/c19-13-4-2-1-3-10(13)7-16(26)24-11-5-6-12(15(8-11)30(23,27)28)14-9-29-17(25-14)18(20,21)22;1-11-10-26-18(21-11)14-7-6-13(9-16(14)27(20,24)25)22-17(23)8-12-4-2-3-5-15(12)19/h1-6,8-9H,7H2,(H,24,26)(H2,23,27,28);2-7,9-10H,8H2,1H3,(H,22,23)(H2,20,24,25). The lowest BCUT2D eigenvalue weighted by atomic mass is 10.1. The molecule has 298 valence electrons. The third-order valence-electron chi connectivity index (χ3n) is 7.63. The Morgan fingerprint density at radius 1 is 0.754 bits per heavy atom. The molecule has 0 fully saturated rings. The summed E-state index contributed by atoms with van der Waals surface area (Å²) in [6.45, 7) is 1.72. The highest BCUT2D eigenvalue weighted by atomic mass is 35.5. The molecule has 21 heteroatoms. The molecule has 0 bridgehead atoms. The predicted molar refractivity (Wildman–Crippen MR) is 210 cm³/mol. The van der Waals surface area contributed by atoms with Crippen LogP contribution in [0, 0.1) is 6.92 Å². The van der Waals surface area contributed by atoms with Gasteiger partial charge in [0, 0.05) is 32.4 Å². The number of oxazole rings is 1. The first-order valence-electron chi connectivity index (χ1n) is 16.0. The van der Waals surface area contributed by atoms with Crippen molar-refractivity contribution in [3.05, 3.63) is 128 Å². The van der Waals surface area contributed by atoms with Gasteiger partial charge < -0.3 is 15.1 Å². The van der Waals surface area contributed by atoms with Crippen LogP contribution in [-0.2, 0) is 48.7 Å². The number of nitrogens with one attached hydrogen (secondary N) is 2. The Morgan fingerprint density at radius 2 is 1.23 bits per heavy atom. The third-order valence-corrected chi connectivity index (χ3v) is 11.2. The van der Waals surface area contributed by atoms with E-state index in [9.17, 15) is 39.6 Å². The highest BCUT2D eigenvalue weighted by molar-refractivity contribution is 7.89. The molecular weight excluding hydrogens is 853 g/mol. The van der Waals surface area contributed by atoms with Crippen molar-refractivity contribution in [3.8, 4) is 22.7 Å². The lowest BCUT2D eigenvalue weighted by molar-refractivity contribution is -0.137. The van der Waals surface area contributed by atoms with Gasteiger partial charge in [-0.2, -0.15) is 13.2 Å². The lowest BCUT2D eigenvalue weighted by Crippen LogP contribution is -2.17. The van der Waals surface area contributed by atoms with Gasteiger partial charge in [0.15, 0.2) is 5.01 Å². The van der Waals surface area contributed by atoms with E-state index in [1.807, 2.05) is 0 Å². The van der Waals surface area contributed by atoms with Crippen LogP contribution in [0.25, 0.3) is 22.7 Å². The number of hydrogen-bond acceptors (Lipinski definition) is 10. The second-order valence-electron chi connectivity index (χ2n) is 12.0. The van der Waals surface area contributed by atoms with Crippen molar-refractivity contribution < 1.29 is 44.0 Å². The van der Waals surface area contributed by atoms with E-state index in [0.29, 0.717) is 38.2 Å². The van der Waals surface area contributed by atoms with Crippen LogP contribution in [0.4, 0.5) is 24.5 Å². The second kappa shape index (κ2) is 17.6. The Bertz CT molecular complexity index is 2690. The fourth-order valence-corrected chi connectivity index (χ4v) is 7.72. The van der Waals surface area contributed by atoms with Gasteiger partial charge in [0.25, 0.3) is 0 Å². The molecule has 2 amide bonds. The number of benzene rings is 4. The molecule has 0 saturated heterocycles. The lowest BCUT2D eigenvalue weighted by Gasteiger charge is -2.11. The molecule has 0 spiro atoms. The Labute approximate surface area is 338 Å². The normalized spacial score (nSPS) is 11.7. The first-order chi connectivity index (χ1) is 26.7. The van der Waals surface area contributed by atoms with Crippen LogP contribution >= 0.6 is 34.5 Å². The maximum Gasteiger partial charge on any atom is 0.443 e. The second-order valence-corrected chi connectivity index (χ2v) is 16.7. The van der Waals surface area contributed by atoms with Gasteiger partial charge in [-0.15, -0.1) is 11.3 Å². The molecule has 0 unspecified atom stereocenters. The zero-order chi connectivity index (χ0) is 41.7.